The van der Waals surface area contributed by atoms with Gasteiger partial charge in [-0.3, -0.25) is 4.79 Å². The van der Waals surface area contributed by atoms with E-state index in [9.17, 15) is 4.79 Å². The number of amides is 1. The maximum absolute atomic E-state index is 12.4. The second-order valence-corrected chi connectivity index (χ2v) is 7.93. The molecule has 144 valence electrons. The topological polar surface area (TPSA) is 54.9 Å². The Kier molecular flexibility index (Phi) is 5.58. The summed E-state index contributed by atoms with van der Waals surface area (Å²) < 4.78 is 0. The second kappa shape index (κ2) is 8.45. The van der Waals surface area contributed by atoms with Crippen LogP contribution in [0.1, 0.15) is 11.1 Å². The lowest BCUT2D eigenvalue weighted by molar-refractivity contribution is -0.113. The molecular weight excluding hydrogens is 378 g/mol. The number of aryl methyl sites for hydroxylation is 2. The van der Waals surface area contributed by atoms with Gasteiger partial charge in [0.15, 0.2) is 0 Å². The Hall–Kier alpha value is -3.18. The molecule has 0 spiro atoms. The first-order chi connectivity index (χ1) is 14.1. The molecule has 1 aromatic heterocycles. The summed E-state index contributed by atoms with van der Waals surface area (Å²) in [6.07, 6.45) is 0. The number of aromatic nitrogens is 2. The Labute approximate surface area is 174 Å². The van der Waals surface area contributed by atoms with Crippen LogP contribution in [0.2, 0.25) is 0 Å². The number of benzene rings is 3. The van der Waals surface area contributed by atoms with Crippen molar-refractivity contribution < 1.29 is 4.79 Å². The summed E-state index contributed by atoms with van der Waals surface area (Å²) in [5.74, 6) is 0.215. The van der Waals surface area contributed by atoms with Crippen molar-refractivity contribution in [3.8, 4) is 11.3 Å². The Morgan fingerprint density at radius 3 is 2.59 bits per heavy atom. The van der Waals surface area contributed by atoms with E-state index in [1.165, 1.54) is 22.9 Å². The standard InChI is InChI=1S/C24H21N3OS/c1-16-10-11-17(2)20(14-16)22-12-13-24(27-26-22)29-15-23(28)25-21-9-5-7-18-6-3-4-8-19(18)21/h3-14H,15H2,1-2H3,(H,25,28). The SMILES string of the molecule is Cc1ccc(C)c(-c2ccc(SCC(=O)Nc3cccc4ccccc34)nn2)c1. The van der Waals surface area contributed by atoms with Crippen LogP contribution in [-0.2, 0) is 4.79 Å². The Morgan fingerprint density at radius 1 is 0.931 bits per heavy atom. The van der Waals surface area contributed by atoms with Crippen LogP contribution in [0.3, 0.4) is 0 Å². The van der Waals surface area contributed by atoms with E-state index in [0.717, 1.165) is 32.7 Å². The molecule has 1 N–H and O–H groups in total. The van der Waals surface area contributed by atoms with E-state index in [1.54, 1.807) is 0 Å². The minimum absolute atomic E-state index is 0.0632. The second-order valence-electron chi connectivity index (χ2n) is 6.94. The molecule has 0 saturated heterocycles. The fourth-order valence-electron chi connectivity index (χ4n) is 3.21. The molecule has 1 heterocycles. The van der Waals surface area contributed by atoms with Crippen molar-refractivity contribution in [3.63, 3.8) is 0 Å². The number of thioether (sulfide) groups is 1. The van der Waals surface area contributed by atoms with E-state index in [1.807, 2.05) is 54.6 Å². The van der Waals surface area contributed by atoms with E-state index in [2.05, 4.69) is 47.6 Å². The molecule has 0 aliphatic carbocycles. The quantitative estimate of drug-likeness (QED) is 0.441. The van der Waals surface area contributed by atoms with Gasteiger partial charge < -0.3 is 5.32 Å². The normalized spacial score (nSPS) is 10.8. The number of hydrogen-bond acceptors (Lipinski definition) is 4. The van der Waals surface area contributed by atoms with Gasteiger partial charge >= 0.3 is 0 Å². The predicted molar refractivity (Wildman–Crippen MR) is 120 cm³/mol. The van der Waals surface area contributed by atoms with E-state index in [-0.39, 0.29) is 11.7 Å². The fraction of sp³-hybridized carbons (Fsp3) is 0.125. The van der Waals surface area contributed by atoms with Gasteiger partial charge in [0.25, 0.3) is 0 Å². The number of anilines is 1. The van der Waals surface area contributed by atoms with E-state index >= 15 is 0 Å². The van der Waals surface area contributed by atoms with Gasteiger partial charge in [-0.2, -0.15) is 0 Å². The molecule has 0 saturated carbocycles. The lowest BCUT2D eigenvalue weighted by Crippen LogP contribution is -2.14. The van der Waals surface area contributed by atoms with E-state index in [0.29, 0.717) is 0 Å². The lowest BCUT2D eigenvalue weighted by Gasteiger charge is -2.09. The van der Waals surface area contributed by atoms with Crippen molar-refractivity contribution >= 4 is 34.1 Å². The number of nitrogens with zero attached hydrogens (tertiary/aromatic N) is 2. The summed E-state index contributed by atoms with van der Waals surface area (Å²) in [7, 11) is 0. The van der Waals surface area contributed by atoms with Crippen LogP contribution in [-0.4, -0.2) is 21.9 Å². The average molecular weight is 400 g/mol. The molecule has 0 radical (unpaired) electrons. The average Bonchev–Trinajstić information content (AvgIpc) is 2.75. The van der Waals surface area contributed by atoms with Crippen molar-refractivity contribution in [2.75, 3.05) is 11.1 Å². The molecule has 5 heteroatoms. The Morgan fingerprint density at radius 2 is 1.76 bits per heavy atom. The van der Waals surface area contributed by atoms with E-state index < -0.39 is 0 Å². The summed E-state index contributed by atoms with van der Waals surface area (Å²) in [4.78, 5) is 12.4. The van der Waals surface area contributed by atoms with Crippen molar-refractivity contribution in [1.82, 2.24) is 10.2 Å². The minimum Gasteiger partial charge on any atom is -0.325 e. The number of carbonyl (C=O) groups excluding carboxylic acids is 1. The number of carbonyl (C=O) groups is 1. The van der Waals surface area contributed by atoms with Gasteiger partial charge in [0, 0.05) is 16.6 Å². The Bertz CT molecular complexity index is 1170. The van der Waals surface area contributed by atoms with Crippen LogP contribution in [0, 0.1) is 13.8 Å². The van der Waals surface area contributed by atoms with Gasteiger partial charge in [-0.1, -0.05) is 65.9 Å². The maximum Gasteiger partial charge on any atom is 0.234 e. The summed E-state index contributed by atoms with van der Waals surface area (Å²) in [5, 5.41) is 14.5. The fourth-order valence-corrected chi connectivity index (χ4v) is 3.83. The molecule has 0 atom stereocenters. The highest BCUT2D eigenvalue weighted by atomic mass is 32.2. The van der Waals surface area contributed by atoms with Gasteiger partial charge in [0.05, 0.1) is 11.4 Å². The summed E-state index contributed by atoms with van der Waals surface area (Å²) in [6, 6.07) is 24.1. The lowest BCUT2D eigenvalue weighted by atomic mass is 10.0. The van der Waals surface area contributed by atoms with Crippen molar-refractivity contribution in [3.05, 3.63) is 83.9 Å². The molecule has 0 unspecified atom stereocenters. The largest absolute Gasteiger partial charge is 0.325 e. The third kappa shape index (κ3) is 4.46. The molecule has 0 aliphatic heterocycles. The smallest absolute Gasteiger partial charge is 0.234 e. The van der Waals surface area contributed by atoms with Crippen LogP contribution in [0.4, 0.5) is 5.69 Å². The monoisotopic (exact) mass is 399 g/mol. The Balaban J connectivity index is 1.41. The highest BCUT2D eigenvalue weighted by Gasteiger charge is 2.09. The molecule has 4 rings (SSSR count). The third-order valence-corrected chi connectivity index (χ3v) is 5.64. The first-order valence-electron chi connectivity index (χ1n) is 9.42. The first-order valence-corrected chi connectivity index (χ1v) is 10.4. The third-order valence-electron chi connectivity index (χ3n) is 4.72. The zero-order valence-electron chi connectivity index (χ0n) is 16.3. The number of rotatable bonds is 5. The molecular formula is C24H21N3OS. The van der Waals surface area contributed by atoms with Crippen LogP contribution in [0.25, 0.3) is 22.0 Å². The molecule has 1 amide bonds. The molecule has 3 aromatic carbocycles. The van der Waals surface area contributed by atoms with Gasteiger partial charge in [0.2, 0.25) is 5.91 Å². The van der Waals surface area contributed by atoms with Crippen LogP contribution in [0.5, 0.6) is 0 Å². The first kappa shape index (κ1) is 19.2. The number of fused-ring (bicyclic) bond motifs is 1. The molecule has 0 fully saturated rings. The van der Waals surface area contributed by atoms with E-state index in [4.69, 9.17) is 0 Å². The zero-order valence-corrected chi connectivity index (χ0v) is 17.2. The summed E-state index contributed by atoms with van der Waals surface area (Å²) >= 11 is 1.38. The molecule has 4 nitrogen and oxygen atoms in total. The van der Waals surface area contributed by atoms with Gasteiger partial charge in [-0.25, -0.2) is 0 Å². The minimum atomic E-state index is -0.0632. The molecule has 0 bridgehead atoms. The molecule has 0 aliphatic rings. The molecule has 4 aromatic rings. The van der Waals surface area contributed by atoms with Crippen LogP contribution in [0.15, 0.2) is 77.8 Å². The van der Waals surface area contributed by atoms with Crippen LogP contribution < -0.4 is 5.32 Å². The van der Waals surface area contributed by atoms with Gasteiger partial charge in [0.1, 0.15) is 5.03 Å². The van der Waals surface area contributed by atoms with Crippen molar-refractivity contribution in [2.24, 2.45) is 0 Å². The number of hydrogen-bond donors (Lipinski definition) is 1. The van der Waals surface area contributed by atoms with Gasteiger partial charge in [-0.15, -0.1) is 10.2 Å². The highest BCUT2D eigenvalue weighted by molar-refractivity contribution is 7.99. The zero-order chi connectivity index (χ0) is 20.2. The predicted octanol–water partition coefficient (Wildman–Crippen LogP) is 5.64. The molecule has 29 heavy (non-hydrogen) atoms. The van der Waals surface area contributed by atoms with Crippen molar-refractivity contribution in [2.45, 2.75) is 18.9 Å². The number of nitrogens with one attached hydrogen (secondary N) is 1. The van der Waals surface area contributed by atoms with Crippen molar-refractivity contribution in [1.29, 1.82) is 0 Å². The summed E-state index contributed by atoms with van der Waals surface area (Å²) in [6.45, 7) is 4.13. The maximum atomic E-state index is 12.4. The summed E-state index contributed by atoms with van der Waals surface area (Å²) in [5.41, 5.74) is 5.11. The highest BCUT2D eigenvalue weighted by Crippen LogP contribution is 2.25. The van der Waals surface area contributed by atoms with Gasteiger partial charge in [-0.05, 0) is 49.1 Å². The van der Waals surface area contributed by atoms with Crippen LogP contribution >= 0.6 is 11.8 Å².